The van der Waals surface area contributed by atoms with E-state index in [0.29, 0.717) is 19.1 Å². The Morgan fingerprint density at radius 3 is 2.89 bits per heavy atom. The summed E-state index contributed by atoms with van der Waals surface area (Å²) in [6.45, 7) is 1.33. The van der Waals surface area contributed by atoms with E-state index >= 15 is 0 Å². The number of hydrogen-bond donors (Lipinski definition) is 0. The SMILES string of the molecule is CN(C)C1COCC1Oc1nccc2ccccc12. The molecule has 1 saturated heterocycles. The van der Waals surface area contributed by atoms with Gasteiger partial charge in [-0.3, -0.25) is 0 Å². The summed E-state index contributed by atoms with van der Waals surface area (Å²) >= 11 is 0. The number of nitrogens with zero attached hydrogens (tertiary/aromatic N) is 2. The Labute approximate surface area is 113 Å². The van der Waals surface area contributed by atoms with Crippen molar-refractivity contribution in [1.29, 1.82) is 0 Å². The van der Waals surface area contributed by atoms with E-state index in [1.54, 1.807) is 6.20 Å². The molecule has 1 aliphatic rings. The molecular formula is C15H18N2O2. The van der Waals surface area contributed by atoms with Gasteiger partial charge in [0.05, 0.1) is 19.3 Å². The smallest absolute Gasteiger partial charge is 0.221 e. The van der Waals surface area contributed by atoms with E-state index in [1.165, 1.54) is 0 Å². The summed E-state index contributed by atoms with van der Waals surface area (Å²) in [7, 11) is 4.10. The molecule has 2 unspecified atom stereocenters. The Morgan fingerprint density at radius 2 is 2.05 bits per heavy atom. The van der Waals surface area contributed by atoms with Gasteiger partial charge in [-0.2, -0.15) is 0 Å². The number of ether oxygens (including phenoxy) is 2. The first-order valence-electron chi connectivity index (χ1n) is 6.50. The van der Waals surface area contributed by atoms with Crippen LogP contribution in [0, 0.1) is 0 Å². The lowest BCUT2D eigenvalue weighted by molar-refractivity contribution is 0.123. The van der Waals surface area contributed by atoms with Crippen molar-refractivity contribution >= 4 is 10.8 Å². The Bertz CT molecular complexity index is 566. The Morgan fingerprint density at radius 1 is 1.21 bits per heavy atom. The number of aromatic nitrogens is 1. The van der Waals surface area contributed by atoms with Crippen molar-refractivity contribution in [2.75, 3.05) is 27.3 Å². The highest BCUT2D eigenvalue weighted by Gasteiger charge is 2.32. The molecule has 2 heterocycles. The number of benzene rings is 1. The summed E-state index contributed by atoms with van der Waals surface area (Å²) in [5, 5.41) is 2.20. The topological polar surface area (TPSA) is 34.6 Å². The van der Waals surface area contributed by atoms with E-state index in [4.69, 9.17) is 9.47 Å². The summed E-state index contributed by atoms with van der Waals surface area (Å²) in [6, 6.07) is 10.4. The fourth-order valence-corrected chi connectivity index (χ4v) is 2.45. The van der Waals surface area contributed by atoms with Crippen LogP contribution in [0.1, 0.15) is 0 Å². The van der Waals surface area contributed by atoms with Gasteiger partial charge < -0.3 is 14.4 Å². The molecule has 1 aromatic carbocycles. The first-order valence-corrected chi connectivity index (χ1v) is 6.50. The summed E-state index contributed by atoms with van der Waals surface area (Å²) in [5.74, 6) is 0.695. The second-order valence-corrected chi connectivity index (χ2v) is 5.06. The van der Waals surface area contributed by atoms with Crippen LogP contribution in [0.25, 0.3) is 10.8 Å². The molecule has 2 aromatic rings. The number of hydrogen-bond acceptors (Lipinski definition) is 4. The molecule has 0 aliphatic carbocycles. The van der Waals surface area contributed by atoms with Crippen LogP contribution in [0.4, 0.5) is 0 Å². The third kappa shape index (κ3) is 2.41. The predicted octanol–water partition coefficient (Wildman–Crippen LogP) is 1.94. The van der Waals surface area contributed by atoms with Gasteiger partial charge in [-0.15, -0.1) is 0 Å². The third-order valence-corrected chi connectivity index (χ3v) is 3.56. The lowest BCUT2D eigenvalue weighted by Gasteiger charge is -2.24. The molecule has 0 bridgehead atoms. The van der Waals surface area contributed by atoms with Crippen molar-refractivity contribution in [1.82, 2.24) is 9.88 Å². The Hall–Kier alpha value is -1.65. The largest absolute Gasteiger partial charge is 0.470 e. The standard InChI is InChI=1S/C15H18N2O2/c1-17(2)13-9-18-10-14(13)19-15-12-6-4-3-5-11(12)7-8-16-15/h3-8,13-14H,9-10H2,1-2H3. The fourth-order valence-electron chi connectivity index (χ4n) is 2.45. The van der Waals surface area contributed by atoms with Gasteiger partial charge in [0.15, 0.2) is 0 Å². The maximum Gasteiger partial charge on any atom is 0.221 e. The second kappa shape index (κ2) is 5.15. The van der Waals surface area contributed by atoms with Gasteiger partial charge in [0.1, 0.15) is 6.10 Å². The first kappa shape index (κ1) is 12.4. The predicted molar refractivity (Wildman–Crippen MR) is 74.5 cm³/mol. The summed E-state index contributed by atoms with van der Waals surface area (Å²) in [4.78, 5) is 6.51. The van der Waals surface area contributed by atoms with Crippen molar-refractivity contribution in [2.24, 2.45) is 0 Å². The van der Waals surface area contributed by atoms with Gasteiger partial charge in [0, 0.05) is 11.6 Å². The van der Waals surface area contributed by atoms with E-state index < -0.39 is 0 Å². The molecular weight excluding hydrogens is 240 g/mol. The van der Waals surface area contributed by atoms with Crippen molar-refractivity contribution in [3.8, 4) is 5.88 Å². The van der Waals surface area contributed by atoms with Gasteiger partial charge in [-0.1, -0.05) is 18.2 Å². The van der Waals surface area contributed by atoms with Crippen molar-refractivity contribution in [3.05, 3.63) is 36.5 Å². The zero-order valence-corrected chi connectivity index (χ0v) is 11.2. The van der Waals surface area contributed by atoms with Crippen LogP contribution in [-0.2, 0) is 4.74 Å². The molecule has 0 amide bonds. The molecule has 1 aliphatic heterocycles. The molecule has 1 aromatic heterocycles. The first-order chi connectivity index (χ1) is 9.25. The number of rotatable bonds is 3. The van der Waals surface area contributed by atoms with Crippen LogP contribution in [-0.4, -0.2) is 49.3 Å². The molecule has 4 nitrogen and oxygen atoms in total. The lowest BCUT2D eigenvalue weighted by atomic mass is 10.1. The fraction of sp³-hybridized carbons (Fsp3) is 0.400. The second-order valence-electron chi connectivity index (χ2n) is 5.06. The van der Waals surface area contributed by atoms with E-state index in [2.05, 4.69) is 16.0 Å². The number of likely N-dealkylation sites (N-methyl/N-ethyl adjacent to an activating group) is 1. The molecule has 0 N–H and O–H groups in total. The van der Waals surface area contributed by atoms with E-state index in [-0.39, 0.29) is 12.1 Å². The highest BCUT2D eigenvalue weighted by Crippen LogP contribution is 2.25. The summed E-state index contributed by atoms with van der Waals surface area (Å²) in [5.41, 5.74) is 0. The Kier molecular flexibility index (Phi) is 3.36. The minimum atomic E-state index is 0.0355. The van der Waals surface area contributed by atoms with Gasteiger partial charge in [-0.25, -0.2) is 4.98 Å². The van der Waals surface area contributed by atoms with E-state index in [9.17, 15) is 0 Å². The normalized spacial score (nSPS) is 23.1. The maximum absolute atomic E-state index is 6.08. The molecule has 0 saturated carbocycles. The van der Waals surface area contributed by atoms with E-state index in [1.807, 2.05) is 38.4 Å². The van der Waals surface area contributed by atoms with Gasteiger partial charge in [-0.05, 0) is 31.6 Å². The summed E-state index contributed by atoms with van der Waals surface area (Å²) in [6.07, 6.45) is 1.83. The average Bonchev–Trinajstić information content (AvgIpc) is 2.87. The van der Waals surface area contributed by atoms with Crippen LogP contribution in [0.5, 0.6) is 5.88 Å². The quantitative estimate of drug-likeness (QED) is 0.842. The van der Waals surface area contributed by atoms with Crippen LogP contribution >= 0.6 is 0 Å². The van der Waals surface area contributed by atoms with Gasteiger partial charge in [0.25, 0.3) is 0 Å². The molecule has 100 valence electrons. The molecule has 3 rings (SSSR count). The monoisotopic (exact) mass is 258 g/mol. The van der Waals surface area contributed by atoms with Crippen LogP contribution in [0.3, 0.4) is 0 Å². The zero-order valence-electron chi connectivity index (χ0n) is 11.2. The minimum Gasteiger partial charge on any atom is -0.470 e. The highest BCUT2D eigenvalue weighted by molar-refractivity contribution is 5.86. The number of fused-ring (bicyclic) bond motifs is 1. The van der Waals surface area contributed by atoms with Crippen molar-refractivity contribution < 1.29 is 9.47 Å². The molecule has 0 spiro atoms. The third-order valence-electron chi connectivity index (χ3n) is 3.56. The van der Waals surface area contributed by atoms with Crippen molar-refractivity contribution in [2.45, 2.75) is 12.1 Å². The van der Waals surface area contributed by atoms with Crippen LogP contribution in [0.15, 0.2) is 36.5 Å². The maximum atomic E-state index is 6.08. The molecule has 4 heteroatoms. The average molecular weight is 258 g/mol. The molecule has 19 heavy (non-hydrogen) atoms. The van der Waals surface area contributed by atoms with Gasteiger partial charge >= 0.3 is 0 Å². The number of pyridine rings is 1. The summed E-state index contributed by atoms with van der Waals surface area (Å²) < 4.78 is 11.6. The molecule has 0 radical (unpaired) electrons. The van der Waals surface area contributed by atoms with Crippen molar-refractivity contribution in [3.63, 3.8) is 0 Å². The lowest BCUT2D eigenvalue weighted by Crippen LogP contribution is -2.41. The highest BCUT2D eigenvalue weighted by atomic mass is 16.6. The molecule has 1 fully saturated rings. The Balaban J connectivity index is 1.89. The van der Waals surface area contributed by atoms with Crippen LogP contribution in [0.2, 0.25) is 0 Å². The minimum absolute atomic E-state index is 0.0355. The van der Waals surface area contributed by atoms with Gasteiger partial charge in [0.2, 0.25) is 5.88 Å². The van der Waals surface area contributed by atoms with E-state index in [0.717, 1.165) is 10.8 Å². The molecule has 2 atom stereocenters. The van der Waals surface area contributed by atoms with Crippen LogP contribution < -0.4 is 4.74 Å². The zero-order chi connectivity index (χ0) is 13.2.